The summed E-state index contributed by atoms with van der Waals surface area (Å²) in [6.45, 7) is 4.01. The minimum Gasteiger partial charge on any atom is -0.330 e. The molecule has 0 saturated carbocycles. The molecule has 0 aromatic heterocycles. The topological polar surface area (TPSA) is 49.6 Å². The van der Waals surface area contributed by atoms with E-state index in [4.69, 9.17) is 5.73 Å². The molecule has 0 aliphatic carbocycles. The van der Waals surface area contributed by atoms with Crippen molar-refractivity contribution in [3.63, 3.8) is 0 Å². The molecule has 4 nitrogen and oxygen atoms in total. The second-order valence-electron chi connectivity index (χ2n) is 4.64. The zero-order chi connectivity index (χ0) is 10.7. The molecule has 0 amide bonds. The summed E-state index contributed by atoms with van der Waals surface area (Å²) in [5, 5.41) is 4.62. The molecule has 2 rings (SSSR count). The molecule has 2 aliphatic rings. The third-order valence-corrected chi connectivity index (χ3v) is 3.71. The van der Waals surface area contributed by atoms with Crippen LogP contribution in [0.3, 0.4) is 0 Å². The van der Waals surface area contributed by atoms with E-state index in [9.17, 15) is 4.79 Å². The Labute approximate surface area is 91.4 Å². The van der Waals surface area contributed by atoms with Crippen molar-refractivity contribution in [3.05, 3.63) is 0 Å². The molecule has 0 aromatic rings. The van der Waals surface area contributed by atoms with Gasteiger partial charge in [-0.15, -0.1) is 0 Å². The fraction of sp³-hybridized carbons (Fsp3) is 0.909. The van der Waals surface area contributed by atoms with Gasteiger partial charge in [0, 0.05) is 19.6 Å². The van der Waals surface area contributed by atoms with Gasteiger partial charge in [-0.05, 0) is 38.1 Å². The predicted octanol–water partition coefficient (Wildman–Crippen LogP) is 0.235. The molecule has 2 heterocycles. The van der Waals surface area contributed by atoms with Crippen molar-refractivity contribution >= 4 is 6.29 Å². The minimum absolute atomic E-state index is 0.138. The van der Waals surface area contributed by atoms with Crippen molar-refractivity contribution in [1.29, 1.82) is 0 Å². The third-order valence-electron chi connectivity index (χ3n) is 3.71. The molecule has 0 radical (unpaired) electrons. The number of hydrogen-bond donors (Lipinski definition) is 1. The maximum absolute atomic E-state index is 10.9. The number of piperidine rings is 1. The maximum atomic E-state index is 10.9. The van der Waals surface area contributed by atoms with Gasteiger partial charge in [0.15, 0.2) is 0 Å². The van der Waals surface area contributed by atoms with Gasteiger partial charge in [0.25, 0.3) is 0 Å². The lowest BCUT2D eigenvalue weighted by molar-refractivity contribution is -0.121. The van der Waals surface area contributed by atoms with Crippen molar-refractivity contribution in [1.82, 2.24) is 10.0 Å². The Kier molecular flexibility index (Phi) is 3.72. The van der Waals surface area contributed by atoms with E-state index in [0.29, 0.717) is 5.92 Å². The zero-order valence-electron chi connectivity index (χ0n) is 9.27. The van der Waals surface area contributed by atoms with Crippen LogP contribution in [0.2, 0.25) is 0 Å². The fourth-order valence-corrected chi connectivity index (χ4v) is 2.68. The number of nitrogens with two attached hydrogens (primary N) is 1. The highest BCUT2D eigenvalue weighted by Crippen LogP contribution is 2.23. The highest BCUT2D eigenvalue weighted by atomic mass is 16.1. The predicted molar refractivity (Wildman–Crippen MR) is 59.1 cm³/mol. The Hall–Kier alpha value is -0.450. The molecule has 0 bridgehead atoms. The van der Waals surface area contributed by atoms with Gasteiger partial charge >= 0.3 is 0 Å². The van der Waals surface area contributed by atoms with E-state index < -0.39 is 0 Å². The quantitative estimate of drug-likeness (QED) is 0.679. The summed E-state index contributed by atoms with van der Waals surface area (Å²) in [6, 6.07) is 0.138. The largest absolute Gasteiger partial charge is 0.330 e. The molecule has 2 aliphatic heterocycles. The molecule has 2 fully saturated rings. The SMILES string of the molecule is NCC1CCN(N2CCCC2C=O)CC1. The summed E-state index contributed by atoms with van der Waals surface area (Å²) in [7, 11) is 0. The van der Waals surface area contributed by atoms with E-state index in [-0.39, 0.29) is 6.04 Å². The Balaban J connectivity index is 1.86. The van der Waals surface area contributed by atoms with Crippen molar-refractivity contribution in [2.75, 3.05) is 26.2 Å². The smallest absolute Gasteiger partial charge is 0.138 e. The van der Waals surface area contributed by atoms with Gasteiger partial charge in [-0.3, -0.25) is 0 Å². The fourth-order valence-electron chi connectivity index (χ4n) is 2.68. The molecule has 0 aromatic carbocycles. The zero-order valence-corrected chi connectivity index (χ0v) is 9.27. The average molecular weight is 211 g/mol. The van der Waals surface area contributed by atoms with Crippen molar-refractivity contribution in [3.8, 4) is 0 Å². The lowest BCUT2D eigenvalue weighted by atomic mass is 9.98. The van der Waals surface area contributed by atoms with Crippen LogP contribution in [0.5, 0.6) is 0 Å². The molecule has 0 spiro atoms. The summed E-state index contributed by atoms with van der Waals surface area (Å²) in [6.07, 6.45) is 5.64. The minimum atomic E-state index is 0.138. The second-order valence-corrected chi connectivity index (χ2v) is 4.64. The second kappa shape index (κ2) is 5.05. The van der Waals surface area contributed by atoms with E-state index in [1.165, 1.54) is 12.8 Å². The van der Waals surface area contributed by atoms with Gasteiger partial charge < -0.3 is 10.5 Å². The lowest BCUT2D eigenvalue weighted by Gasteiger charge is -2.39. The molecular formula is C11H21N3O. The van der Waals surface area contributed by atoms with Crippen molar-refractivity contribution in [2.24, 2.45) is 11.7 Å². The van der Waals surface area contributed by atoms with Crippen LogP contribution in [0.15, 0.2) is 0 Å². The molecule has 86 valence electrons. The maximum Gasteiger partial charge on any atom is 0.138 e. The van der Waals surface area contributed by atoms with Gasteiger partial charge in [0.2, 0.25) is 0 Å². The monoisotopic (exact) mass is 211 g/mol. The summed E-state index contributed by atoms with van der Waals surface area (Å²) >= 11 is 0. The van der Waals surface area contributed by atoms with Crippen LogP contribution >= 0.6 is 0 Å². The molecule has 4 heteroatoms. The van der Waals surface area contributed by atoms with Gasteiger partial charge in [-0.1, -0.05) is 0 Å². The first-order valence-electron chi connectivity index (χ1n) is 6.02. The van der Waals surface area contributed by atoms with Crippen LogP contribution in [0.4, 0.5) is 0 Å². The molecule has 15 heavy (non-hydrogen) atoms. The third kappa shape index (κ3) is 2.38. The van der Waals surface area contributed by atoms with Crippen LogP contribution in [0.1, 0.15) is 25.7 Å². The van der Waals surface area contributed by atoms with Crippen molar-refractivity contribution in [2.45, 2.75) is 31.7 Å². The first-order valence-corrected chi connectivity index (χ1v) is 6.02. The van der Waals surface area contributed by atoms with Gasteiger partial charge in [-0.2, -0.15) is 0 Å². The molecular weight excluding hydrogens is 190 g/mol. The number of hydrogen-bond acceptors (Lipinski definition) is 4. The summed E-state index contributed by atoms with van der Waals surface area (Å²) in [5.74, 6) is 0.693. The van der Waals surface area contributed by atoms with Crippen LogP contribution in [0, 0.1) is 5.92 Å². The number of nitrogens with zero attached hydrogens (tertiary/aromatic N) is 2. The normalized spacial score (nSPS) is 30.9. The van der Waals surface area contributed by atoms with E-state index >= 15 is 0 Å². The van der Waals surface area contributed by atoms with E-state index in [0.717, 1.165) is 45.3 Å². The van der Waals surface area contributed by atoms with E-state index in [1.54, 1.807) is 0 Å². The van der Waals surface area contributed by atoms with Crippen molar-refractivity contribution < 1.29 is 4.79 Å². The van der Waals surface area contributed by atoms with E-state index in [1.807, 2.05) is 0 Å². The van der Waals surface area contributed by atoms with Crippen LogP contribution in [-0.2, 0) is 4.79 Å². The lowest BCUT2D eigenvalue weighted by Crippen LogP contribution is -2.50. The van der Waals surface area contributed by atoms with Gasteiger partial charge in [-0.25, -0.2) is 10.0 Å². The van der Waals surface area contributed by atoms with Crippen LogP contribution < -0.4 is 5.73 Å². The first-order chi connectivity index (χ1) is 7.35. The number of hydrazine groups is 1. The van der Waals surface area contributed by atoms with Gasteiger partial charge in [0.1, 0.15) is 6.29 Å². The average Bonchev–Trinajstić information content (AvgIpc) is 2.77. The Bertz CT molecular complexity index is 214. The first kappa shape index (κ1) is 11.0. The summed E-state index contributed by atoms with van der Waals surface area (Å²) in [4.78, 5) is 10.9. The van der Waals surface area contributed by atoms with Crippen LogP contribution in [-0.4, -0.2) is 48.5 Å². The number of aldehydes is 1. The number of rotatable bonds is 3. The molecule has 2 saturated heterocycles. The van der Waals surface area contributed by atoms with Gasteiger partial charge in [0.05, 0.1) is 6.04 Å². The Morgan fingerprint density at radius 3 is 2.53 bits per heavy atom. The number of carbonyl (C=O) groups is 1. The molecule has 2 N–H and O–H groups in total. The standard InChI is InChI=1S/C11H21N3O/c12-8-10-3-6-13(7-4-10)14-5-1-2-11(14)9-15/h9-11H,1-8,12H2. The summed E-state index contributed by atoms with van der Waals surface area (Å²) < 4.78 is 0. The summed E-state index contributed by atoms with van der Waals surface area (Å²) in [5.41, 5.74) is 5.67. The highest BCUT2D eigenvalue weighted by Gasteiger charge is 2.31. The Morgan fingerprint density at radius 1 is 1.20 bits per heavy atom. The molecule has 1 unspecified atom stereocenters. The highest BCUT2D eigenvalue weighted by molar-refractivity contribution is 5.57. The Morgan fingerprint density at radius 2 is 1.93 bits per heavy atom. The number of carbonyl (C=O) groups excluding carboxylic acids is 1. The van der Waals surface area contributed by atoms with E-state index in [2.05, 4.69) is 10.0 Å². The van der Waals surface area contributed by atoms with Crippen LogP contribution in [0.25, 0.3) is 0 Å². The molecule has 1 atom stereocenters.